The van der Waals surface area contributed by atoms with Crippen molar-refractivity contribution < 1.29 is 27.6 Å². The van der Waals surface area contributed by atoms with Gasteiger partial charge in [-0.2, -0.15) is 13.2 Å². The first kappa shape index (κ1) is 16.4. The molecule has 0 atom stereocenters. The predicted molar refractivity (Wildman–Crippen MR) is 76.2 cm³/mol. The minimum absolute atomic E-state index is 0.329. The Balaban J connectivity index is 0.000000167. The van der Waals surface area contributed by atoms with Gasteiger partial charge in [0.2, 0.25) is 0 Å². The van der Waals surface area contributed by atoms with Gasteiger partial charge in [-0.05, 0) is 12.1 Å². The molecule has 0 spiro atoms. The highest BCUT2D eigenvalue weighted by atomic mass is 19.4. The van der Waals surface area contributed by atoms with E-state index in [-0.39, 0.29) is 5.56 Å². The van der Waals surface area contributed by atoms with Crippen LogP contribution in [0.4, 0.5) is 18.9 Å². The van der Waals surface area contributed by atoms with E-state index in [1.165, 1.54) is 12.1 Å². The van der Waals surface area contributed by atoms with E-state index in [9.17, 15) is 27.6 Å². The molecule has 0 unspecified atom stereocenters. The number of fused-ring (bicyclic) bond motifs is 1. The molecule has 23 heavy (non-hydrogen) atoms. The van der Waals surface area contributed by atoms with E-state index in [0.29, 0.717) is 11.3 Å². The lowest BCUT2D eigenvalue weighted by molar-refractivity contribution is -0.112. The molecule has 2 aromatic carbocycles. The number of amides is 1. The number of nitrogens with one attached hydrogen (secondary N) is 1. The van der Waals surface area contributed by atoms with E-state index >= 15 is 0 Å². The lowest BCUT2D eigenvalue weighted by Crippen LogP contribution is -2.22. The van der Waals surface area contributed by atoms with Gasteiger partial charge in [-0.25, -0.2) is 0 Å². The normalized spacial score (nSPS) is 12.8. The fourth-order valence-corrected chi connectivity index (χ4v) is 1.84. The number of hydrogen-bond acceptors (Lipinski definition) is 3. The highest BCUT2D eigenvalue weighted by molar-refractivity contribution is 6.51. The Morgan fingerprint density at radius 2 is 1.43 bits per heavy atom. The van der Waals surface area contributed by atoms with Crippen molar-refractivity contribution in [2.24, 2.45) is 0 Å². The van der Waals surface area contributed by atoms with Gasteiger partial charge < -0.3 is 5.32 Å². The maximum atomic E-state index is 11.8. The molecule has 1 aliphatic rings. The molecule has 118 valence electrons. The van der Waals surface area contributed by atoms with Gasteiger partial charge in [0.1, 0.15) is 0 Å². The van der Waals surface area contributed by atoms with E-state index in [4.69, 9.17) is 0 Å². The minimum Gasteiger partial charge on any atom is -0.318 e. The summed E-state index contributed by atoms with van der Waals surface area (Å²) in [6.45, 7) is 0. The third kappa shape index (κ3) is 3.82. The van der Waals surface area contributed by atoms with Gasteiger partial charge in [-0.3, -0.25) is 14.4 Å². The molecule has 0 aliphatic carbocycles. The van der Waals surface area contributed by atoms with Crippen LogP contribution in [0.25, 0.3) is 0 Å². The summed E-state index contributed by atoms with van der Waals surface area (Å²) in [6.07, 6.45) is -4.78. The summed E-state index contributed by atoms with van der Waals surface area (Å²) in [7, 11) is 0. The van der Waals surface area contributed by atoms with Gasteiger partial charge in [0.25, 0.3) is 17.5 Å². The summed E-state index contributed by atoms with van der Waals surface area (Å²) in [6, 6.07) is 13.4. The van der Waals surface area contributed by atoms with E-state index < -0.39 is 23.6 Å². The molecule has 0 fully saturated rings. The molecule has 3 rings (SSSR count). The molecule has 1 amide bonds. The van der Waals surface area contributed by atoms with Gasteiger partial charge in [-0.1, -0.05) is 42.5 Å². The Bertz CT molecular complexity index is 755. The van der Waals surface area contributed by atoms with E-state index in [0.717, 1.165) is 12.1 Å². The largest absolute Gasteiger partial charge is 0.454 e. The molecule has 4 nitrogen and oxygen atoms in total. The van der Waals surface area contributed by atoms with Crippen LogP contribution in [0.15, 0.2) is 54.6 Å². The number of hydrogen-bond donors (Lipinski definition) is 1. The number of carbonyl (C=O) groups is 3. The van der Waals surface area contributed by atoms with Crippen molar-refractivity contribution in [3.05, 3.63) is 65.7 Å². The fraction of sp³-hybridized carbons (Fsp3) is 0.0625. The maximum Gasteiger partial charge on any atom is 0.454 e. The number of Topliss-reactive ketones (excluding diaryl/α,β-unsaturated/α-hetero) is 2. The quantitative estimate of drug-likeness (QED) is 0.648. The number of alkyl halides is 3. The molecule has 0 aromatic heterocycles. The molecule has 7 heteroatoms. The van der Waals surface area contributed by atoms with Gasteiger partial charge >= 0.3 is 6.18 Å². The smallest absolute Gasteiger partial charge is 0.318 e. The second-order valence-electron chi connectivity index (χ2n) is 4.52. The molecule has 0 bridgehead atoms. The minimum atomic E-state index is -4.78. The Labute approximate surface area is 128 Å². The van der Waals surface area contributed by atoms with Crippen LogP contribution in [0.1, 0.15) is 20.7 Å². The van der Waals surface area contributed by atoms with Crippen LogP contribution >= 0.6 is 0 Å². The number of halogens is 3. The zero-order valence-electron chi connectivity index (χ0n) is 11.6. The monoisotopic (exact) mass is 321 g/mol. The number of para-hydroxylation sites is 1. The molecule has 0 saturated carbocycles. The summed E-state index contributed by atoms with van der Waals surface area (Å²) in [5.74, 6) is -2.78. The fourth-order valence-electron chi connectivity index (χ4n) is 1.84. The zero-order chi connectivity index (χ0) is 17.0. The molecular formula is C16H10F3NO3. The Hall–Kier alpha value is -2.96. The van der Waals surface area contributed by atoms with Crippen LogP contribution in [0.5, 0.6) is 0 Å². The van der Waals surface area contributed by atoms with Crippen molar-refractivity contribution in [1.82, 2.24) is 0 Å². The third-order valence-corrected chi connectivity index (χ3v) is 2.92. The predicted octanol–water partition coefficient (Wildman–Crippen LogP) is 3.25. The number of rotatable bonds is 1. The Kier molecular flexibility index (Phi) is 4.59. The van der Waals surface area contributed by atoms with Gasteiger partial charge in [0.05, 0.1) is 11.3 Å². The van der Waals surface area contributed by atoms with Gasteiger partial charge in [0, 0.05) is 5.56 Å². The first-order valence-electron chi connectivity index (χ1n) is 6.42. The second-order valence-corrected chi connectivity index (χ2v) is 4.52. The lowest BCUT2D eigenvalue weighted by atomic mass is 10.1. The highest BCUT2D eigenvalue weighted by Crippen LogP contribution is 2.21. The van der Waals surface area contributed by atoms with Crippen LogP contribution in [0.3, 0.4) is 0 Å². The summed E-state index contributed by atoms with van der Waals surface area (Å²) in [4.78, 5) is 32.3. The van der Waals surface area contributed by atoms with E-state index in [1.807, 2.05) is 0 Å². The van der Waals surface area contributed by atoms with Crippen molar-refractivity contribution in [1.29, 1.82) is 0 Å². The molecular weight excluding hydrogens is 311 g/mol. The molecule has 0 radical (unpaired) electrons. The average molecular weight is 321 g/mol. The number of carbonyl (C=O) groups excluding carboxylic acids is 3. The SMILES string of the molecule is O=C(c1ccccc1)C(F)(F)F.O=C1Nc2ccccc2C1=O. The topological polar surface area (TPSA) is 63.2 Å². The molecule has 1 N–H and O–H groups in total. The summed E-state index contributed by atoms with van der Waals surface area (Å²) >= 11 is 0. The van der Waals surface area contributed by atoms with Crippen molar-refractivity contribution in [2.45, 2.75) is 6.18 Å². The Morgan fingerprint density at radius 3 is 2.00 bits per heavy atom. The van der Waals surface area contributed by atoms with Gasteiger partial charge in [0.15, 0.2) is 0 Å². The number of ketones is 2. The molecule has 0 saturated heterocycles. The van der Waals surface area contributed by atoms with Crippen LogP contribution in [0, 0.1) is 0 Å². The Morgan fingerprint density at radius 1 is 0.870 bits per heavy atom. The molecule has 1 heterocycles. The first-order valence-corrected chi connectivity index (χ1v) is 6.42. The number of benzene rings is 2. The maximum absolute atomic E-state index is 11.8. The first-order chi connectivity index (χ1) is 10.8. The second kappa shape index (κ2) is 6.43. The van der Waals surface area contributed by atoms with Crippen LogP contribution in [-0.2, 0) is 4.79 Å². The van der Waals surface area contributed by atoms with Crippen LogP contribution in [0.2, 0.25) is 0 Å². The van der Waals surface area contributed by atoms with Crippen molar-refractivity contribution in [3.63, 3.8) is 0 Å². The van der Waals surface area contributed by atoms with Crippen molar-refractivity contribution in [3.8, 4) is 0 Å². The zero-order valence-corrected chi connectivity index (χ0v) is 11.6. The van der Waals surface area contributed by atoms with Crippen LogP contribution in [-0.4, -0.2) is 23.6 Å². The lowest BCUT2D eigenvalue weighted by Gasteiger charge is -2.03. The van der Waals surface area contributed by atoms with E-state index in [2.05, 4.69) is 5.32 Å². The van der Waals surface area contributed by atoms with Gasteiger partial charge in [-0.15, -0.1) is 0 Å². The standard InChI is InChI=1S/C8H5F3O.C8H5NO2/c9-8(10,11)7(12)6-4-2-1-3-5-6;10-7-5-3-1-2-4-6(5)9-8(7)11/h1-5H;1-4H,(H,9,10,11). The molecule has 1 aliphatic heterocycles. The third-order valence-electron chi connectivity index (χ3n) is 2.92. The van der Waals surface area contributed by atoms with Crippen molar-refractivity contribution in [2.75, 3.05) is 5.32 Å². The highest BCUT2D eigenvalue weighted by Gasteiger charge is 2.38. The number of anilines is 1. The average Bonchev–Trinajstić information content (AvgIpc) is 2.82. The van der Waals surface area contributed by atoms with E-state index in [1.54, 1.807) is 30.3 Å². The van der Waals surface area contributed by atoms with Crippen molar-refractivity contribution >= 4 is 23.2 Å². The summed E-state index contributed by atoms with van der Waals surface area (Å²) in [5.41, 5.74) is 0.755. The summed E-state index contributed by atoms with van der Waals surface area (Å²) in [5, 5.41) is 2.46. The van der Waals surface area contributed by atoms with Crippen LogP contribution < -0.4 is 5.32 Å². The molecule has 2 aromatic rings. The summed E-state index contributed by atoms with van der Waals surface area (Å²) < 4.78 is 35.4.